The molecule has 0 spiro atoms. The van der Waals surface area contributed by atoms with Crippen LogP contribution in [-0.4, -0.2) is 27.5 Å². The van der Waals surface area contributed by atoms with E-state index in [1.54, 1.807) is 0 Å². The quantitative estimate of drug-likeness (QED) is 0.822. The summed E-state index contributed by atoms with van der Waals surface area (Å²) in [4.78, 5) is 0. The van der Waals surface area contributed by atoms with Gasteiger partial charge < -0.3 is 10.4 Å². The summed E-state index contributed by atoms with van der Waals surface area (Å²) in [7, 11) is 1.94. The minimum atomic E-state index is -0.294. The van der Waals surface area contributed by atoms with Gasteiger partial charge in [-0.2, -0.15) is 5.10 Å². The molecule has 4 heteroatoms. The summed E-state index contributed by atoms with van der Waals surface area (Å²) < 4.78 is 1.84. The molecule has 0 aliphatic rings. The first kappa shape index (κ1) is 15.7. The molecule has 4 nitrogen and oxygen atoms in total. The van der Waals surface area contributed by atoms with Gasteiger partial charge in [0.25, 0.3) is 0 Å². The minimum Gasteiger partial charge on any atom is -0.393 e. The largest absolute Gasteiger partial charge is 0.393 e. The lowest BCUT2D eigenvalue weighted by molar-refractivity contribution is 0.173. The van der Waals surface area contributed by atoms with E-state index in [9.17, 15) is 5.11 Å². The van der Waals surface area contributed by atoms with Crippen molar-refractivity contribution in [2.24, 2.45) is 7.05 Å². The third kappa shape index (κ3) is 4.69. The number of benzene rings is 1. The number of hydrogen-bond donors (Lipinski definition) is 2. The Balaban J connectivity index is 1.95. The lowest BCUT2D eigenvalue weighted by atomic mass is 9.93. The standard InChI is InChI=1S/C17H25N3O/c1-13(21)9-16(15-7-5-4-6-8-15)10-18-11-17-12-20(3)19-14(17)2/h4-8,12-13,16,18,21H,9-11H2,1-3H3. The number of nitrogens with zero attached hydrogens (tertiary/aromatic N) is 2. The predicted molar refractivity (Wildman–Crippen MR) is 85.1 cm³/mol. The highest BCUT2D eigenvalue weighted by molar-refractivity contribution is 5.20. The highest BCUT2D eigenvalue weighted by atomic mass is 16.3. The van der Waals surface area contributed by atoms with Gasteiger partial charge in [0.15, 0.2) is 0 Å². The summed E-state index contributed by atoms with van der Waals surface area (Å²) >= 11 is 0. The number of aliphatic hydroxyl groups is 1. The summed E-state index contributed by atoms with van der Waals surface area (Å²) in [5.41, 5.74) is 3.56. The Morgan fingerprint density at radius 1 is 1.29 bits per heavy atom. The molecule has 2 N–H and O–H groups in total. The first-order chi connectivity index (χ1) is 10.1. The van der Waals surface area contributed by atoms with Crippen molar-refractivity contribution in [3.63, 3.8) is 0 Å². The van der Waals surface area contributed by atoms with E-state index in [1.807, 2.05) is 31.6 Å². The molecule has 1 aromatic carbocycles. The molecular formula is C17H25N3O. The Labute approximate surface area is 126 Å². The van der Waals surface area contributed by atoms with E-state index in [-0.39, 0.29) is 6.10 Å². The van der Waals surface area contributed by atoms with Crippen molar-refractivity contribution >= 4 is 0 Å². The van der Waals surface area contributed by atoms with Crippen LogP contribution in [0, 0.1) is 6.92 Å². The first-order valence-corrected chi connectivity index (χ1v) is 7.49. The third-order valence-electron chi connectivity index (χ3n) is 3.72. The molecule has 114 valence electrons. The van der Waals surface area contributed by atoms with Crippen LogP contribution in [0.15, 0.2) is 36.5 Å². The van der Waals surface area contributed by atoms with Crippen LogP contribution in [0.25, 0.3) is 0 Å². The molecule has 0 aliphatic heterocycles. The molecule has 0 bridgehead atoms. The number of nitrogens with one attached hydrogen (secondary N) is 1. The van der Waals surface area contributed by atoms with Crippen molar-refractivity contribution in [3.05, 3.63) is 53.3 Å². The summed E-state index contributed by atoms with van der Waals surface area (Å²) in [6.07, 6.45) is 2.52. The fraction of sp³-hybridized carbons (Fsp3) is 0.471. The van der Waals surface area contributed by atoms with Crippen LogP contribution in [0.3, 0.4) is 0 Å². The second kappa shape index (κ2) is 7.38. The summed E-state index contributed by atoms with van der Waals surface area (Å²) in [6, 6.07) is 10.4. The SMILES string of the molecule is Cc1nn(C)cc1CNCC(CC(C)O)c1ccccc1. The average molecular weight is 287 g/mol. The molecule has 0 amide bonds. The normalized spacial score (nSPS) is 14.1. The van der Waals surface area contributed by atoms with Gasteiger partial charge in [-0.15, -0.1) is 0 Å². The van der Waals surface area contributed by atoms with Gasteiger partial charge in [0.1, 0.15) is 0 Å². The highest BCUT2D eigenvalue weighted by Gasteiger charge is 2.14. The smallest absolute Gasteiger partial charge is 0.0638 e. The van der Waals surface area contributed by atoms with Gasteiger partial charge >= 0.3 is 0 Å². The van der Waals surface area contributed by atoms with E-state index < -0.39 is 0 Å². The minimum absolute atomic E-state index is 0.294. The summed E-state index contributed by atoms with van der Waals surface area (Å²) in [5.74, 6) is 0.322. The Hall–Kier alpha value is -1.65. The molecule has 2 aromatic rings. The molecular weight excluding hydrogens is 262 g/mol. The van der Waals surface area contributed by atoms with Crippen molar-refractivity contribution in [1.82, 2.24) is 15.1 Å². The maximum atomic E-state index is 9.71. The van der Waals surface area contributed by atoms with Gasteiger partial charge in [0.05, 0.1) is 11.8 Å². The van der Waals surface area contributed by atoms with Gasteiger partial charge in [-0.1, -0.05) is 30.3 Å². The van der Waals surface area contributed by atoms with Crippen molar-refractivity contribution < 1.29 is 5.11 Å². The number of hydrogen-bond acceptors (Lipinski definition) is 3. The van der Waals surface area contributed by atoms with Crippen LogP contribution in [0.1, 0.15) is 36.1 Å². The van der Waals surface area contributed by atoms with Crippen molar-refractivity contribution in [3.8, 4) is 0 Å². The summed E-state index contributed by atoms with van der Waals surface area (Å²) in [5, 5.41) is 17.6. The zero-order valence-electron chi connectivity index (χ0n) is 13.1. The van der Waals surface area contributed by atoms with Crippen LogP contribution in [0.2, 0.25) is 0 Å². The number of aromatic nitrogens is 2. The zero-order chi connectivity index (χ0) is 15.2. The van der Waals surface area contributed by atoms with Gasteiger partial charge in [-0.3, -0.25) is 4.68 Å². The van der Waals surface area contributed by atoms with Crippen LogP contribution in [0.4, 0.5) is 0 Å². The van der Waals surface area contributed by atoms with Crippen molar-refractivity contribution in [1.29, 1.82) is 0 Å². The molecule has 2 rings (SSSR count). The van der Waals surface area contributed by atoms with Crippen LogP contribution < -0.4 is 5.32 Å². The molecule has 1 aromatic heterocycles. The van der Waals surface area contributed by atoms with E-state index in [2.05, 4.69) is 40.9 Å². The topological polar surface area (TPSA) is 50.1 Å². The Morgan fingerprint density at radius 3 is 2.57 bits per heavy atom. The molecule has 2 unspecified atom stereocenters. The molecule has 0 aliphatic carbocycles. The van der Waals surface area contributed by atoms with E-state index in [1.165, 1.54) is 11.1 Å². The Bertz CT molecular complexity index is 548. The van der Waals surface area contributed by atoms with Crippen LogP contribution in [0.5, 0.6) is 0 Å². The van der Waals surface area contributed by atoms with Crippen molar-refractivity contribution in [2.45, 2.75) is 38.8 Å². The highest BCUT2D eigenvalue weighted by Crippen LogP contribution is 2.20. The molecule has 2 atom stereocenters. The second-order valence-electron chi connectivity index (χ2n) is 5.74. The molecule has 0 saturated heterocycles. The average Bonchev–Trinajstić information content (AvgIpc) is 2.76. The third-order valence-corrected chi connectivity index (χ3v) is 3.72. The van der Waals surface area contributed by atoms with Gasteiger partial charge in [-0.05, 0) is 31.7 Å². The lowest BCUT2D eigenvalue weighted by Crippen LogP contribution is -2.24. The molecule has 0 saturated carbocycles. The number of aliphatic hydroxyl groups excluding tert-OH is 1. The fourth-order valence-electron chi connectivity index (χ4n) is 2.68. The number of rotatable bonds is 7. The molecule has 1 heterocycles. The molecule has 0 fully saturated rings. The summed E-state index contributed by atoms with van der Waals surface area (Å²) in [6.45, 7) is 5.54. The Morgan fingerprint density at radius 2 is 2.00 bits per heavy atom. The van der Waals surface area contributed by atoms with E-state index in [4.69, 9.17) is 0 Å². The van der Waals surface area contributed by atoms with Crippen molar-refractivity contribution in [2.75, 3.05) is 6.54 Å². The monoisotopic (exact) mass is 287 g/mol. The maximum Gasteiger partial charge on any atom is 0.0638 e. The van der Waals surface area contributed by atoms with Gasteiger partial charge in [0, 0.05) is 31.9 Å². The van der Waals surface area contributed by atoms with Gasteiger partial charge in [0.2, 0.25) is 0 Å². The van der Waals surface area contributed by atoms with Crippen LogP contribution >= 0.6 is 0 Å². The lowest BCUT2D eigenvalue weighted by Gasteiger charge is -2.19. The molecule has 0 radical (unpaired) electrons. The predicted octanol–water partition coefficient (Wildman–Crippen LogP) is 2.37. The van der Waals surface area contributed by atoms with E-state index in [0.29, 0.717) is 5.92 Å². The molecule has 21 heavy (non-hydrogen) atoms. The fourth-order valence-corrected chi connectivity index (χ4v) is 2.68. The maximum absolute atomic E-state index is 9.71. The number of aryl methyl sites for hydroxylation is 2. The van der Waals surface area contributed by atoms with Gasteiger partial charge in [-0.25, -0.2) is 0 Å². The zero-order valence-corrected chi connectivity index (χ0v) is 13.1. The van der Waals surface area contributed by atoms with E-state index in [0.717, 1.165) is 25.2 Å². The first-order valence-electron chi connectivity index (χ1n) is 7.49. The van der Waals surface area contributed by atoms with Crippen LogP contribution in [-0.2, 0) is 13.6 Å². The Kier molecular flexibility index (Phi) is 5.53. The second-order valence-corrected chi connectivity index (χ2v) is 5.74. The van der Waals surface area contributed by atoms with E-state index >= 15 is 0 Å².